The lowest BCUT2D eigenvalue weighted by atomic mass is 9.98. The van der Waals surface area contributed by atoms with Crippen molar-refractivity contribution in [2.75, 3.05) is 27.3 Å². The number of nitrogens with zero attached hydrogens (tertiary/aromatic N) is 4. The van der Waals surface area contributed by atoms with E-state index in [1.54, 1.807) is 4.90 Å². The van der Waals surface area contributed by atoms with Crippen LogP contribution in [-0.2, 0) is 19.1 Å². The number of carbonyl (C=O) groups is 4. The number of H-pyrrole nitrogens is 2. The fraction of sp³-hybridized carbons (Fsp3) is 0.319. The van der Waals surface area contributed by atoms with Crippen LogP contribution in [0.3, 0.4) is 0 Å². The maximum Gasteiger partial charge on any atom is 0.407 e. The van der Waals surface area contributed by atoms with E-state index in [9.17, 15) is 19.2 Å². The number of hydrogen-bond donors (Lipinski definition) is 4. The predicted molar refractivity (Wildman–Crippen MR) is 231 cm³/mol. The maximum atomic E-state index is 13.9. The monoisotopic (exact) mass is 822 g/mol. The lowest BCUT2D eigenvalue weighted by Gasteiger charge is -2.30. The molecule has 6 aromatic rings. The summed E-state index contributed by atoms with van der Waals surface area (Å²) in [7, 11) is 2.57. The van der Waals surface area contributed by atoms with Crippen molar-refractivity contribution in [3.05, 3.63) is 121 Å². The van der Waals surface area contributed by atoms with E-state index >= 15 is 0 Å². The topological polar surface area (TPSA) is 175 Å². The first kappa shape index (κ1) is 40.8. The van der Waals surface area contributed by atoms with Crippen LogP contribution in [0, 0.1) is 5.92 Å². The molecular formula is C47H50N8O6. The van der Waals surface area contributed by atoms with E-state index in [2.05, 4.69) is 81.3 Å². The Morgan fingerprint density at radius 3 is 1.74 bits per heavy atom. The molecule has 0 bridgehead atoms. The van der Waals surface area contributed by atoms with E-state index in [-0.39, 0.29) is 29.8 Å². The number of amides is 4. The summed E-state index contributed by atoms with van der Waals surface area (Å²) in [5.74, 6) is 0.973. The Bertz CT molecular complexity index is 2530. The zero-order valence-corrected chi connectivity index (χ0v) is 34.7. The number of carbonyl (C=O) groups excluding carboxylic acids is 4. The molecule has 3 unspecified atom stereocenters. The first-order valence-corrected chi connectivity index (χ1v) is 20.7. The molecule has 4 atom stereocenters. The summed E-state index contributed by atoms with van der Waals surface area (Å²) < 4.78 is 9.60. The second kappa shape index (κ2) is 17.7. The van der Waals surface area contributed by atoms with Gasteiger partial charge in [-0.25, -0.2) is 19.6 Å². The number of methoxy groups -OCH3 is 2. The van der Waals surface area contributed by atoms with Crippen molar-refractivity contribution in [2.24, 2.45) is 5.92 Å². The number of alkyl carbamates (subject to hydrolysis) is 2. The molecule has 0 aliphatic carbocycles. The Balaban J connectivity index is 0.943. The lowest BCUT2D eigenvalue weighted by Crippen LogP contribution is -2.51. The summed E-state index contributed by atoms with van der Waals surface area (Å²) in [5, 5.41) is 7.60. The van der Waals surface area contributed by atoms with E-state index in [1.165, 1.54) is 14.2 Å². The van der Waals surface area contributed by atoms with Crippen molar-refractivity contribution >= 4 is 34.8 Å². The highest BCUT2D eigenvalue weighted by atomic mass is 16.5. The first-order valence-electron chi connectivity index (χ1n) is 20.7. The number of likely N-dealkylation sites (tertiary alicyclic amines) is 2. The average molecular weight is 823 g/mol. The van der Waals surface area contributed by atoms with Crippen LogP contribution in [0.2, 0.25) is 0 Å². The van der Waals surface area contributed by atoms with Gasteiger partial charge in [-0.2, -0.15) is 0 Å². The van der Waals surface area contributed by atoms with Crippen LogP contribution in [-0.4, -0.2) is 87.1 Å². The molecular weight excluding hydrogens is 773 g/mol. The third-order valence-electron chi connectivity index (χ3n) is 11.8. The molecule has 4 amide bonds. The molecule has 314 valence electrons. The SMILES string of the molecule is COC(=O)NC(C(=O)N1CCCC1c1ncc(-c2ccc(-c3ccc4cc(-c5cnc(C6CCCN6C(=O)[C@@H](NC(=O)OC)c6ccccc6)[nH]5)ccc4c3)cc2)[nH]1)C(C)C. The highest BCUT2D eigenvalue weighted by Gasteiger charge is 2.39. The van der Waals surface area contributed by atoms with Gasteiger partial charge in [-0.15, -0.1) is 0 Å². The Labute approximate surface area is 354 Å². The molecule has 2 fully saturated rings. The van der Waals surface area contributed by atoms with Crippen LogP contribution >= 0.6 is 0 Å². The molecule has 4 heterocycles. The first-order chi connectivity index (χ1) is 29.6. The third-order valence-corrected chi connectivity index (χ3v) is 11.8. The summed E-state index contributed by atoms with van der Waals surface area (Å²) in [6.07, 6.45) is 5.53. The van der Waals surface area contributed by atoms with Gasteiger partial charge in [0.1, 0.15) is 23.7 Å². The van der Waals surface area contributed by atoms with Gasteiger partial charge in [0, 0.05) is 18.7 Å². The van der Waals surface area contributed by atoms with Crippen LogP contribution in [0.25, 0.3) is 44.4 Å². The molecule has 8 rings (SSSR count). The predicted octanol–water partition coefficient (Wildman–Crippen LogP) is 8.09. The number of aromatic nitrogens is 4. The fourth-order valence-electron chi connectivity index (χ4n) is 8.52. The van der Waals surface area contributed by atoms with Crippen molar-refractivity contribution in [2.45, 2.75) is 63.7 Å². The van der Waals surface area contributed by atoms with E-state index in [0.29, 0.717) is 24.5 Å². The van der Waals surface area contributed by atoms with Gasteiger partial charge >= 0.3 is 12.2 Å². The van der Waals surface area contributed by atoms with Gasteiger partial charge in [0.15, 0.2) is 0 Å². The summed E-state index contributed by atoms with van der Waals surface area (Å²) in [6.45, 7) is 4.95. The summed E-state index contributed by atoms with van der Waals surface area (Å²) >= 11 is 0. The molecule has 2 aliphatic heterocycles. The minimum Gasteiger partial charge on any atom is -0.453 e. The van der Waals surface area contributed by atoms with Gasteiger partial charge in [-0.3, -0.25) is 9.59 Å². The molecule has 4 N–H and O–H groups in total. The van der Waals surface area contributed by atoms with Gasteiger partial charge in [0.2, 0.25) is 5.91 Å². The molecule has 4 aromatic carbocycles. The quantitative estimate of drug-likeness (QED) is 0.101. The molecule has 0 spiro atoms. The second-order valence-corrected chi connectivity index (χ2v) is 15.9. The zero-order valence-electron chi connectivity index (χ0n) is 34.7. The standard InChI is InChI=1S/C47H50N8O6/c1-28(2)40(52-46(58)60-3)44(56)54-22-8-12-38(54)42-48-26-36(50-42)30-16-14-29(15-17-30)32-18-19-34-25-35(21-20-33(34)24-32)37-27-49-43(51-37)39-13-9-23-55(39)45(57)41(53-47(59)61-4)31-10-6-5-7-11-31/h5-7,10-11,14-21,24-28,38-41H,8-9,12-13,22-23H2,1-4H3,(H,48,50)(H,49,51)(H,52,58)(H,53,59)/t38?,39?,40?,41-/m0/s1. The van der Waals surface area contributed by atoms with E-state index in [1.807, 2.05) is 61.5 Å². The number of aromatic amines is 2. The van der Waals surface area contributed by atoms with E-state index < -0.39 is 24.3 Å². The number of nitrogens with one attached hydrogen (secondary N) is 4. The Morgan fingerprint density at radius 1 is 0.639 bits per heavy atom. The molecule has 14 nitrogen and oxygen atoms in total. The molecule has 2 aromatic heterocycles. The number of benzene rings is 4. The Morgan fingerprint density at radius 2 is 1.15 bits per heavy atom. The van der Waals surface area contributed by atoms with Crippen LogP contribution in [0.4, 0.5) is 9.59 Å². The lowest BCUT2D eigenvalue weighted by molar-refractivity contribution is -0.135. The Hall–Kier alpha value is -6.96. The number of fused-ring (bicyclic) bond motifs is 1. The van der Waals surface area contributed by atoms with Crippen molar-refractivity contribution in [1.29, 1.82) is 0 Å². The summed E-state index contributed by atoms with van der Waals surface area (Å²) in [6, 6.07) is 28.2. The smallest absolute Gasteiger partial charge is 0.407 e. The van der Waals surface area contributed by atoms with Crippen LogP contribution in [0.5, 0.6) is 0 Å². The van der Waals surface area contributed by atoms with Crippen LogP contribution in [0.15, 0.2) is 103 Å². The van der Waals surface area contributed by atoms with Crippen LogP contribution < -0.4 is 10.6 Å². The second-order valence-electron chi connectivity index (χ2n) is 15.9. The van der Waals surface area contributed by atoms with Crippen molar-refractivity contribution in [1.82, 2.24) is 40.4 Å². The van der Waals surface area contributed by atoms with Crippen molar-refractivity contribution in [3.63, 3.8) is 0 Å². The van der Waals surface area contributed by atoms with Gasteiger partial charge < -0.3 is 39.9 Å². The fourth-order valence-corrected chi connectivity index (χ4v) is 8.52. The Kier molecular flexibility index (Phi) is 11.9. The van der Waals surface area contributed by atoms with Crippen LogP contribution in [0.1, 0.15) is 74.9 Å². The van der Waals surface area contributed by atoms with Gasteiger partial charge in [0.25, 0.3) is 5.91 Å². The van der Waals surface area contributed by atoms with E-state index in [4.69, 9.17) is 19.4 Å². The molecule has 2 saturated heterocycles. The largest absolute Gasteiger partial charge is 0.453 e. The number of ether oxygens (including phenoxy) is 2. The number of imidazole rings is 2. The van der Waals surface area contributed by atoms with Gasteiger partial charge in [-0.05, 0) is 76.8 Å². The van der Waals surface area contributed by atoms with Gasteiger partial charge in [0.05, 0.1) is 50.1 Å². The van der Waals surface area contributed by atoms with Crippen molar-refractivity contribution in [3.8, 4) is 33.6 Å². The summed E-state index contributed by atoms with van der Waals surface area (Å²) in [5.41, 5.74) is 6.52. The average Bonchev–Trinajstić information content (AvgIpc) is 4.14. The third kappa shape index (κ3) is 8.56. The highest BCUT2D eigenvalue weighted by Crippen LogP contribution is 2.36. The van der Waals surface area contributed by atoms with E-state index in [0.717, 1.165) is 75.9 Å². The minimum absolute atomic E-state index is 0.107. The van der Waals surface area contributed by atoms with Gasteiger partial charge in [-0.1, -0.05) is 92.7 Å². The molecule has 61 heavy (non-hydrogen) atoms. The minimum atomic E-state index is -0.881. The molecule has 0 radical (unpaired) electrons. The molecule has 2 aliphatic rings. The normalized spacial score (nSPS) is 17.3. The zero-order chi connectivity index (χ0) is 42.6. The maximum absolute atomic E-state index is 13.9. The highest BCUT2D eigenvalue weighted by molar-refractivity contribution is 5.91. The molecule has 14 heteroatoms. The number of hydrogen-bond acceptors (Lipinski definition) is 8. The molecule has 0 saturated carbocycles. The number of rotatable bonds is 11. The summed E-state index contributed by atoms with van der Waals surface area (Å²) in [4.78, 5) is 71.7. The van der Waals surface area contributed by atoms with Crippen molar-refractivity contribution < 1.29 is 28.7 Å².